The monoisotopic (exact) mass is 390 g/mol. The van der Waals surface area contributed by atoms with Crippen molar-refractivity contribution in [3.63, 3.8) is 0 Å². The molecule has 0 amide bonds. The number of benzene rings is 2. The third kappa shape index (κ3) is 3.81. The van der Waals surface area contributed by atoms with Crippen LogP contribution in [0, 0.1) is 0 Å². The van der Waals surface area contributed by atoms with Gasteiger partial charge in [-0.25, -0.2) is 0 Å². The second-order valence-corrected chi connectivity index (χ2v) is 8.20. The van der Waals surface area contributed by atoms with Gasteiger partial charge in [0.25, 0.3) is 0 Å². The fourth-order valence-corrected chi connectivity index (χ4v) is 5.13. The number of anilines is 1. The molecule has 2 aliphatic heterocycles. The molecule has 1 fully saturated rings. The lowest BCUT2D eigenvalue weighted by atomic mass is 10.1. The maximum Gasteiger partial charge on any atom is 0.121 e. The van der Waals surface area contributed by atoms with Gasteiger partial charge in [0.2, 0.25) is 0 Å². The highest BCUT2D eigenvalue weighted by atomic mass is 35.5. The van der Waals surface area contributed by atoms with E-state index in [4.69, 9.17) is 16.3 Å². The van der Waals surface area contributed by atoms with Crippen molar-refractivity contribution in [1.82, 2.24) is 4.90 Å². The summed E-state index contributed by atoms with van der Waals surface area (Å²) in [5.41, 5.74) is 2.12. The first-order valence-corrected chi connectivity index (χ1v) is 10.3. The van der Waals surface area contributed by atoms with Crippen LogP contribution in [0.4, 0.5) is 5.69 Å². The van der Waals surface area contributed by atoms with Crippen LogP contribution in [-0.2, 0) is 4.74 Å². The molecular formula is C20H23ClN2O2S. The van der Waals surface area contributed by atoms with E-state index in [1.807, 2.05) is 6.07 Å². The summed E-state index contributed by atoms with van der Waals surface area (Å²) in [6.45, 7) is 5.72. The van der Waals surface area contributed by atoms with Gasteiger partial charge in [0.15, 0.2) is 0 Å². The Morgan fingerprint density at radius 1 is 1.12 bits per heavy atom. The number of morpholine rings is 1. The predicted octanol–water partition coefficient (Wildman–Crippen LogP) is 4.38. The molecule has 138 valence electrons. The molecule has 2 aromatic carbocycles. The zero-order valence-electron chi connectivity index (χ0n) is 14.6. The zero-order chi connectivity index (χ0) is 17.9. The number of nitrogens with zero attached hydrogens (tertiary/aromatic N) is 2. The fourth-order valence-electron chi connectivity index (χ4n) is 3.59. The van der Waals surface area contributed by atoms with Crippen molar-refractivity contribution in [3.05, 3.63) is 53.1 Å². The molecule has 0 radical (unpaired) electrons. The lowest BCUT2D eigenvalue weighted by molar-refractivity contribution is 0.0376. The number of thioether (sulfide) groups is 1. The Morgan fingerprint density at radius 3 is 2.77 bits per heavy atom. The molecule has 0 saturated carbocycles. The van der Waals surface area contributed by atoms with Gasteiger partial charge in [-0.05, 0) is 36.8 Å². The number of hydrogen-bond donors (Lipinski definition) is 1. The minimum Gasteiger partial charge on any atom is -0.508 e. The smallest absolute Gasteiger partial charge is 0.121 e. The Hall–Kier alpha value is -1.40. The van der Waals surface area contributed by atoms with Gasteiger partial charge in [0, 0.05) is 41.7 Å². The molecule has 0 aliphatic carbocycles. The normalized spacial score (nSPS) is 20.3. The Balaban J connectivity index is 1.52. The molecule has 0 bridgehead atoms. The van der Waals surface area contributed by atoms with E-state index in [2.05, 4.69) is 34.1 Å². The minimum atomic E-state index is 0.0517. The lowest BCUT2D eigenvalue weighted by Gasteiger charge is -2.30. The topological polar surface area (TPSA) is 35.9 Å². The van der Waals surface area contributed by atoms with Crippen molar-refractivity contribution in [3.8, 4) is 5.75 Å². The van der Waals surface area contributed by atoms with Crippen molar-refractivity contribution in [2.75, 3.05) is 44.3 Å². The third-order valence-electron chi connectivity index (χ3n) is 4.93. The van der Waals surface area contributed by atoms with E-state index >= 15 is 0 Å². The van der Waals surface area contributed by atoms with E-state index in [0.717, 1.165) is 51.4 Å². The van der Waals surface area contributed by atoms with Crippen LogP contribution in [0.5, 0.6) is 5.75 Å². The Bertz CT molecular complexity index is 767. The molecule has 1 unspecified atom stereocenters. The Kier molecular flexibility index (Phi) is 5.60. The maximum atomic E-state index is 10.4. The van der Waals surface area contributed by atoms with Crippen LogP contribution < -0.4 is 4.90 Å². The van der Waals surface area contributed by atoms with Gasteiger partial charge in [-0.15, -0.1) is 0 Å². The molecule has 2 aliphatic rings. The second-order valence-electron chi connectivity index (χ2n) is 6.64. The molecule has 4 nitrogen and oxygen atoms in total. The number of phenols is 1. The van der Waals surface area contributed by atoms with Crippen LogP contribution in [0.15, 0.2) is 47.4 Å². The Morgan fingerprint density at radius 2 is 1.92 bits per heavy atom. The van der Waals surface area contributed by atoms with Crippen molar-refractivity contribution >= 4 is 29.1 Å². The average Bonchev–Trinajstić information content (AvgIpc) is 3.03. The van der Waals surface area contributed by atoms with Crippen molar-refractivity contribution in [1.29, 1.82) is 0 Å². The fraction of sp³-hybridized carbons (Fsp3) is 0.400. The summed E-state index contributed by atoms with van der Waals surface area (Å²) in [4.78, 5) is 6.11. The van der Waals surface area contributed by atoms with E-state index in [1.165, 1.54) is 10.6 Å². The summed E-state index contributed by atoms with van der Waals surface area (Å²) in [5, 5.41) is 11.1. The average molecular weight is 391 g/mol. The molecule has 26 heavy (non-hydrogen) atoms. The first kappa shape index (κ1) is 18.0. The first-order chi connectivity index (χ1) is 12.7. The summed E-state index contributed by atoms with van der Waals surface area (Å²) in [5.74, 6) is 0.304. The quantitative estimate of drug-likeness (QED) is 0.819. The van der Waals surface area contributed by atoms with E-state index in [-0.39, 0.29) is 5.37 Å². The molecule has 1 N–H and O–H groups in total. The second kappa shape index (κ2) is 8.09. The van der Waals surface area contributed by atoms with Gasteiger partial charge >= 0.3 is 0 Å². The van der Waals surface area contributed by atoms with Gasteiger partial charge in [-0.3, -0.25) is 4.90 Å². The van der Waals surface area contributed by atoms with Gasteiger partial charge in [0.1, 0.15) is 11.1 Å². The van der Waals surface area contributed by atoms with E-state index < -0.39 is 0 Å². The van der Waals surface area contributed by atoms with Crippen LogP contribution in [0.3, 0.4) is 0 Å². The van der Waals surface area contributed by atoms with Crippen LogP contribution >= 0.6 is 23.4 Å². The van der Waals surface area contributed by atoms with Crippen LogP contribution in [0.2, 0.25) is 5.02 Å². The summed E-state index contributed by atoms with van der Waals surface area (Å²) in [6, 6.07) is 13.8. The maximum absolute atomic E-state index is 10.4. The molecular weight excluding hydrogens is 368 g/mol. The SMILES string of the molecule is Oc1ccc(Cl)cc1C1Sc2ccccc2N1CCCN1CCOCC1. The number of ether oxygens (including phenoxy) is 1. The number of phenolic OH excluding ortho intramolecular Hbond substituents is 1. The number of rotatable bonds is 5. The molecule has 0 spiro atoms. The highest BCUT2D eigenvalue weighted by Crippen LogP contribution is 2.53. The molecule has 1 atom stereocenters. The predicted molar refractivity (Wildman–Crippen MR) is 107 cm³/mol. The van der Waals surface area contributed by atoms with E-state index in [0.29, 0.717) is 10.8 Å². The standard InChI is InChI=1S/C20H23ClN2O2S/c21-15-6-7-18(24)16(14-15)20-23(17-4-1-2-5-19(17)26-20)9-3-8-22-10-12-25-13-11-22/h1-2,4-7,14,20,24H,3,8-13H2. The highest BCUT2D eigenvalue weighted by Gasteiger charge is 2.32. The van der Waals surface area contributed by atoms with E-state index in [1.54, 1.807) is 23.9 Å². The third-order valence-corrected chi connectivity index (χ3v) is 6.49. The van der Waals surface area contributed by atoms with Gasteiger partial charge < -0.3 is 14.7 Å². The van der Waals surface area contributed by atoms with Gasteiger partial charge in [-0.1, -0.05) is 35.5 Å². The summed E-state index contributed by atoms with van der Waals surface area (Å²) < 4.78 is 5.43. The number of fused-ring (bicyclic) bond motifs is 1. The van der Waals surface area contributed by atoms with Crippen molar-refractivity contribution in [2.24, 2.45) is 0 Å². The van der Waals surface area contributed by atoms with Gasteiger partial charge in [0.05, 0.1) is 18.9 Å². The summed E-state index contributed by atoms with van der Waals surface area (Å²) >= 11 is 7.98. The molecule has 6 heteroatoms. The minimum absolute atomic E-state index is 0.0517. The largest absolute Gasteiger partial charge is 0.508 e. The van der Waals surface area contributed by atoms with Crippen molar-refractivity contribution in [2.45, 2.75) is 16.7 Å². The zero-order valence-corrected chi connectivity index (χ0v) is 16.2. The molecule has 2 aromatic rings. The lowest BCUT2D eigenvalue weighted by Crippen LogP contribution is -2.38. The summed E-state index contributed by atoms with van der Waals surface area (Å²) in [6.07, 6.45) is 1.08. The molecule has 0 aromatic heterocycles. The van der Waals surface area contributed by atoms with Gasteiger partial charge in [-0.2, -0.15) is 0 Å². The molecule has 1 saturated heterocycles. The highest BCUT2D eigenvalue weighted by molar-refractivity contribution is 8.00. The molecule has 4 rings (SSSR count). The first-order valence-electron chi connectivity index (χ1n) is 9.03. The number of hydrogen-bond acceptors (Lipinski definition) is 5. The molecule has 2 heterocycles. The van der Waals surface area contributed by atoms with Crippen LogP contribution in [0.1, 0.15) is 17.4 Å². The summed E-state index contributed by atoms with van der Waals surface area (Å²) in [7, 11) is 0. The number of aromatic hydroxyl groups is 1. The van der Waals surface area contributed by atoms with Crippen LogP contribution in [-0.4, -0.2) is 49.4 Å². The van der Waals surface area contributed by atoms with Crippen LogP contribution in [0.25, 0.3) is 0 Å². The van der Waals surface area contributed by atoms with E-state index in [9.17, 15) is 5.11 Å². The Labute approximate surface area is 163 Å². The van der Waals surface area contributed by atoms with Crippen molar-refractivity contribution < 1.29 is 9.84 Å². The number of para-hydroxylation sites is 1. The number of halogens is 1.